The van der Waals surface area contributed by atoms with Crippen LogP contribution in [0.2, 0.25) is 0 Å². The number of rotatable bonds is 3. The zero-order valence-corrected chi connectivity index (χ0v) is 15.7. The maximum atomic E-state index is 13.1. The molecule has 27 heavy (non-hydrogen) atoms. The van der Waals surface area contributed by atoms with Gasteiger partial charge in [0, 0.05) is 5.69 Å². The van der Waals surface area contributed by atoms with Gasteiger partial charge in [-0.3, -0.25) is 14.2 Å². The molecule has 0 aliphatic rings. The molecule has 0 fully saturated rings. The Morgan fingerprint density at radius 1 is 1.07 bits per heavy atom. The van der Waals surface area contributed by atoms with Crippen molar-refractivity contribution in [2.75, 3.05) is 5.32 Å². The molecule has 0 aliphatic carbocycles. The lowest BCUT2D eigenvalue weighted by molar-refractivity contribution is 0.103. The van der Waals surface area contributed by atoms with Crippen LogP contribution in [0.15, 0.2) is 64.8 Å². The van der Waals surface area contributed by atoms with E-state index in [0.29, 0.717) is 27.3 Å². The van der Waals surface area contributed by atoms with Crippen molar-refractivity contribution >= 4 is 33.8 Å². The lowest BCUT2D eigenvalue weighted by Crippen LogP contribution is -2.22. The standard InChI is InChI=1S/C21H17N3O2S/c1-13-5-8-16(9-6-13)24-14(2)22-18-10-7-15(12-17(18)21(24)26)23-20(25)19-4-3-11-27-19/h3-12H,1-2H3,(H,23,25). The molecule has 4 aromatic rings. The smallest absolute Gasteiger partial charge is 0.266 e. The molecule has 6 heteroatoms. The molecule has 4 rings (SSSR count). The molecule has 0 radical (unpaired) electrons. The summed E-state index contributed by atoms with van der Waals surface area (Å²) in [6.07, 6.45) is 0. The molecule has 0 spiro atoms. The number of aryl methyl sites for hydroxylation is 2. The number of carbonyl (C=O) groups is 1. The third-order valence-corrected chi connectivity index (χ3v) is 5.20. The lowest BCUT2D eigenvalue weighted by Gasteiger charge is -2.12. The van der Waals surface area contributed by atoms with E-state index in [9.17, 15) is 9.59 Å². The topological polar surface area (TPSA) is 64.0 Å². The zero-order chi connectivity index (χ0) is 19.0. The number of aromatic nitrogens is 2. The van der Waals surface area contributed by atoms with Crippen molar-refractivity contribution in [3.8, 4) is 5.69 Å². The van der Waals surface area contributed by atoms with Gasteiger partial charge in [0.2, 0.25) is 0 Å². The predicted molar refractivity (Wildman–Crippen MR) is 109 cm³/mol. The highest BCUT2D eigenvalue weighted by atomic mass is 32.1. The fourth-order valence-electron chi connectivity index (χ4n) is 2.97. The van der Waals surface area contributed by atoms with Gasteiger partial charge in [0.1, 0.15) is 5.82 Å². The summed E-state index contributed by atoms with van der Waals surface area (Å²) in [5.74, 6) is 0.426. The van der Waals surface area contributed by atoms with E-state index >= 15 is 0 Å². The summed E-state index contributed by atoms with van der Waals surface area (Å²) in [5, 5.41) is 5.15. The number of fused-ring (bicyclic) bond motifs is 1. The van der Waals surface area contributed by atoms with Crippen molar-refractivity contribution in [1.82, 2.24) is 9.55 Å². The average Bonchev–Trinajstić information content (AvgIpc) is 3.19. The molecule has 0 atom stereocenters. The molecule has 1 N–H and O–H groups in total. The Hall–Kier alpha value is -3.25. The van der Waals surface area contributed by atoms with Gasteiger partial charge in [-0.25, -0.2) is 4.98 Å². The quantitative estimate of drug-likeness (QED) is 0.580. The van der Waals surface area contributed by atoms with Crippen LogP contribution in [0.5, 0.6) is 0 Å². The molecule has 2 aromatic heterocycles. The van der Waals surface area contributed by atoms with Gasteiger partial charge < -0.3 is 5.32 Å². The van der Waals surface area contributed by atoms with Gasteiger partial charge in [-0.15, -0.1) is 11.3 Å². The molecule has 1 amide bonds. The predicted octanol–water partition coefficient (Wildman–Crippen LogP) is 4.32. The first-order valence-corrected chi connectivity index (χ1v) is 9.36. The Kier molecular flexibility index (Phi) is 4.33. The molecule has 5 nitrogen and oxygen atoms in total. The van der Waals surface area contributed by atoms with Crippen molar-refractivity contribution in [2.24, 2.45) is 0 Å². The second-order valence-corrected chi connectivity index (χ2v) is 7.25. The molecule has 2 aromatic carbocycles. The number of nitrogens with one attached hydrogen (secondary N) is 1. The van der Waals surface area contributed by atoms with Gasteiger partial charge >= 0.3 is 0 Å². The van der Waals surface area contributed by atoms with E-state index in [-0.39, 0.29) is 11.5 Å². The summed E-state index contributed by atoms with van der Waals surface area (Å²) in [7, 11) is 0. The Labute approximate surface area is 159 Å². The fraction of sp³-hybridized carbons (Fsp3) is 0.0952. The number of nitrogens with zero attached hydrogens (tertiary/aromatic N) is 2. The molecular formula is C21H17N3O2S. The van der Waals surface area contributed by atoms with E-state index in [0.717, 1.165) is 11.3 Å². The number of hydrogen-bond donors (Lipinski definition) is 1. The van der Waals surface area contributed by atoms with Gasteiger partial charge in [0.25, 0.3) is 11.5 Å². The first kappa shape index (κ1) is 17.2. The molecule has 134 valence electrons. The van der Waals surface area contributed by atoms with E-state index in [1.165, 1.54) is 11.3 Å². The van der Waals surface area contributed by atoms with E-state index < -0.39 is 0 Å². The van der Waals surface area contributed by atoms with Gasteiger partial charge in [-0.2, -0.15) is 0 Å². The normalized spacial score (nSPS) is 10.9. The summed E-state index contributed by atoms with van der Waals surface area (Å²) < 4.78 is 1.59. The number of carbonyl (C=O) groups excluding carboxylic acids is 1. The van der Waals surface area contributed by atoms with Crippen molar-refractivity contribution in [2.45, 2.75) is 13.8 Å². The van der Waals surface area contributed by atoms with E-state index in [1.807, 2.05) is 49.6 Å². The minimum atomic E-state index is -0.191. The van der Waals surface area contributed by atoms with Crippen molar-refractivity contribution in [3.63, 3.8) is 0 Å². The maximum Gasteiger partial charge on any atom is 0.266 e. The number of thiophene rings is 1. The van der Waals surface area contributed by atoms with Crippen LogP contribution in [0.1, 0.15) is 21.1 Å². The van der Waals surface area contributed by atoms with Crippen LogP contribution in [0.3, 0.4) is 0 Å². The highest BCUT2D eigenvalue weighted by Crippen LogP contribution is 2.19. The van der Waals surface area contributed by atoms with Crippen molar-refractivity contribution < 1.29 is 4.79 Å². The summed E-state index contributed by atoms with van der Waals surface area (Å²) in [4.78, 5) is 30.6. The minimum Gasteiger partial charge on any atom is -0.321 e. The summed E-state index contributed by atoms with van der Waals surface area (Å²) in [6, 6.07) is 16.5. The zero-order valence-electron chi connectivity index (χ0n) is 14.9. The highest BCUT2D eigenvalue weighted by Gasteiger charge is 2.12. The third kappa shape index (κ3) is 3.27. The van der Waals surface area contributed by atoms with Crippen LogP contribution >= 0.6 is 11.3 Å². The fourth-order valence-corrected chi connectivity index (χ4v) is 3.59. The van der Waals surface area contributed by atoms with Crippen LogP contribution in [0.25, 0.3) is 16.6 Å². The highest BCUT2D eigenvalue weighted by molar-refractivity contribution is 7.12. The monoisotopic (exact) mass is 375 g/mol. The number of anilines is 1. The molecule has 0 saturated carbocycles. The SMILES string of the molecule is Cc1ccc(-n2c(C)nc3ccc(NC(=O)c4cccs4)cc3c2=O)cc1. The second-order valence-electron chi connectivity index (χ2n) is 6.30. The van der Waals surface area contributed by atoms with E-state index in [4.69, 9.17) is 0 Å². The molecule has 0 saturated heterocycles. The van der Waals surface area contributed by atoms with Crippen molar-refractivity contribution in [3.05, 3.63) is 86.6 Å². The van der Waals surface area contributed by atoms with Crippen LogP contribution in [0, 0.1) is 13.8 Å². The van der Waals surface area contributed by atoms with Gasteiger partial charge in [0.15, 0.2) is 0 Å². The van der Waals surface area contributed by atoms with E-state index in [2.05, 4.69) is 10.3 Å². The summed E-state index contributed by atoms with van der Waals surface area (Å²) in [6.45, 7) is 3.81. The first-order chi connectivity index (χ1) is 13.0. The number of benzene rings is 2. The Balaban J connectivity index is 1.79. The Bertz CT molecular complexity index is 1190. The summed E-state index contributed by atoms with van der Waals surface area (Å²) in [5.41, 5.74) is 2.91. The van der Waals surface area contributed by atoms with Gasteiger partial charge in [-0.1, -0.05) is 23.8 Å². The second kappa shape index (κ2) is 6.81. The van der Waals surface area contributed by atoms with Crippen LogP contribution < -0.4 is 10.9 Å². The Morgan fingerprint density at radius 2 is 1.85 bits per heavy atom. The molecule has 0 aliphatic heterocycles. The largest absolute Gasteiger partial charge is 0.321 e. The third-order valence-electron chi connectivity index (χ3n) is 4.33. The van der Waals surface area contributed by atoms with Crippen LogP contribution in [-0.2, 0) is 0 Å². The molecule has 0 unspecified atom stereocenters. The summed E-state index contributed by atoms with van der Waals surface area (Å²) >= 11 is 1.37. The molecule has 0 bridgehead atoms. The molecule has 2 heterocycles. The van der Waals surface area contributed by atoms with Gasteiger partial charge in [0.05, 0.1) is 21.5 Å². The number of amides is 1. The van der Waals surface area contributed by atoms with Crippen LogP contribution in [-0.4, -0.2) is 15.5 Å². The van der Waals surface area contributed by atoms with E-state index in [1.54, 1.807) is 28.8 Å². The Morgan fingerprint density at radius 3 is 2.56 bits per heavy atom. The van der Waals surface area contributed by atoms with Crippen LogP contribution in [0.4, 0.5) is 5.69 Å². The number of hydrogen-bond acceptors (Lipinski definition) is 4. The first-order valence-electron chi connectivity index (χ1n) is 8.48. The lowest BCUT2D eigenvalue weighted by atomic mass is 10.2. The average molecular weight is 375 g/mol. The minimum absolute atomic E-state index is 0.159. The van der Waals surface area contributed by atoms with Gasteiger partial charge in [-0.05, 0) is 55.6 Å². The molecular weight excluding hydrogens is 358 g/mol. The maximum absolute atomic E-state index is 13.1. The van der Waals surface area contributed by atoms with Crippen molar-refractivity contribution in [1.29, 1.82) is 0 Å².